The lowest BCUT2D eigenvalue weighted by molar-refractivity contribution is 0.217. The molecular formula is C32H34N4O2. The minimum atomic E-state index is 0.371. The zero-order valence-corrected chi connectivity index (χ0v) is 22.4. The molecule has 0 aromatic heterocycles. The van der Waals surface area contributed by atoms with E-state index in [9.17, 15) is 0 Å². The summed E-state index contributed by atoms with van der Waals surface area (Å²) in [5.74, 6) is 1.47. The van der Waals surface area contributed by atoms with Crippen LogP contribution in [0.25, 0.3) is 0 Å². The highest BCUT2D eigenvalue weighted by Crippen LogP contribution is 2.34. The molecule has 2 N–H and O–H groups in total. The van der Waals surface area contributed by atoms with Crippen molar-refractivity contribution in [2.75, 3.05) is 23.8 Å². The van der Waals surface area contributed by atoms with Crippen molar-refractivity contribution >= 4 is 35.4 Å². The molecule has 0 aliphatic heterocycles. The van der Waals surface area contributed by atoms with Gasteiger partial charge in [0, 0.05) is 11.4 Å². The Morgan fingerprint density at radius 2 is 1.18 bits per heavy atom. The van der Waals surface area contributed by atoms with Crippen LogP contribution >= 0.6 is 0 Å². The molecule has 0 amide bonds. The van der Waals surface area contributed by atoms with E-state index in [1.165, 1.54) is 0 Å². The summed E-state index contributed by atoms with van der Waals surface area (Å²) in [5, 5.41) is 6.41. The molecule has 0 spiro atoms. The van der Waals surface area contributed by atoms with Crippen LogP contribution in [0.1, 0.15) is 22.3 Å². The van der Waals surface area contributed by atoms with Crippen LogP contribution < -0.4 is 20.1 Å². The number of ether oxygens (including phenoxy) is 2. The fraction of sp³-hybridized carbons (Fsp3) is 0.188. The number of hydrogen-bond donors (Lipinski definition) is 2. The van der Waals surface area contributed by atoms with Gasteiger partial charge in [-0.1, -0.05) is 48.5 Å². The molecule has 6 heteroatoms. The number of benzene rings is 4. The highest BCUT2D eigenvalue weighted by Gasteiger charge is 2.10. The molecule has 0 saturated heterocycles. The van der Waals surface area contributed by atoms with Crippen molar-refractivity contribution in [1.29, 1.82) is 0 Å². The van der Waals surface area contributed by atoms with Crippen molar-refractivity contribution < 1.29 is 9.47 Å². The van der Waals surface area contributed by atoms with E-state index in [0.717, 1.165) is 56.5 Å². The Hall–Kier alpha value is -4.58. The van der Waals surface area contributed by atoms with Gasteiger partial charge in [0.1, 0.15) is 36.1 Å². The number of aryl methyl sites for hydroxylation is 4. The molecule has 4 aromatic carbocycles. The third-order valence-electron chi connectivity index (χ3n) is 5.80. The number of hydrogen-bond acceptors (Lipinski definition) is 4. The molecule has 0 aliphatic rings. The largest absolute Gasteiger partial charge is 0.488 e. The first-order valence-electron chi connectivity index (χ1n) is 12.7. The Balaban J connectivity index is 1.41. The van der Waals surface area contributed by atoms with Crippen LogP contribution in [0.15, 0.2) is 94.9 Å². The van der Waals surface area contributed by atoms with Crippen LogP contribution in [-0.4, -0.2) is 25.9 Å². The van der Waals surface area contributed by atoms with Crippen molar-refractivity contribution in [3.05, 3.63) is 107 Å². The zero-order valence-electron chi connectivity index (χ0n) is 22.4. The molecule has 0 fully saturated rings. The molecule has 4 aromatic rings. The van der Waals surface area contributed by atoms with E-state index in [0.29, 0.717) is 13.2 Å². The van der Waals surface area contributed by atoms with Crippen LogP contribution in [0, 0.1) is 27.7 Å². The molecule has 0 saturated carbocycles. The van der Waals surface area contributed by atoms with Crippen LogP contribution in [0.3, 0.4) is 0 Å². The molecule has 0 aliphatic carbocycles. The lowest BCUT2D eigenvalue weighted by atomic mass is 10.1. The molecule has 0 radical (unpaired) electrons. The van der Waals surface area contributed by atoms with E-state index in [1.54, 1.807) is 12.7 Å². The van der Waals surface area contributed by atoms with Crippen LogP contribution in [0.2, 0.25) is 0 Å². The van der Waals surface area contributed by atoms with Gasteiger partial charge >= 0.3 is 0 Å². The Labute approximate surface area is 225 Å². The highest BCUT2D eigenvalue weighted by atomic mass is 16.5. The van der Waals surface area contributed by atoms with Crippen molar-refractivity contribution in [2.45, 2.75) is 27.7 Å². The molecule has 0 bridgehead atoms. The molecule has 6 nitrogen and oxygen atoms in total. The maximum absolute atomic E-state index is 6.17. The van der Waals surface area contributed by atoms with E-state index < -0.39 is 0 Å². The van der Waals surface area contributed by atoms with Crippen molar-refractivity contribution in [2.24, 2.45) is 9.98 Å². The fourth-order valence-electron chi connectivity index (χ4n) is 4.12. The van der Waals surface area contributed by atoms with Gasteiger partial charge in [0.2, 0.25) is 0 Å². The Morgan fingerprint density at radius 3 is 1.84 bits per heavy atom. The minimum Gasteiger partial charge on any atom is -0.488 e. The lowest BCUT2D eigenvalue weighted by Gasteiger charge is -2.15. The van der Waals surface area contributed by atoms with E-state index in [2.05, 4.69) is 46.6 Å². The number of anilines is 2. The molecule has 0 atom stereocenters. The quantitative estimate of drug-likeness (QED) is 0.123. The summed E-state index contributed by atoms with van der Waals surface area (Å²) in [4.78, 5) is 9.28. The third-order valence-corrected chi connectivity index (χ3v) is 5.80. The van der Waals surface area contributed by atoms with Crippen molar-refractivity contribution in [3.8, 4) is 11.5 Å². The van der Waals surface area contributed by atoms with Crippen LogP contribution in [0.4, 0.5) is 22.7 Å². The first-order chi connectivity index (χ1) is 18.5. The predicted molar refractivity (Wildman–Crippen MR) is 159 cm³/mol. The standard InChI is InChI=1S/C32H34N4O2/c1-23-18-26(4)32(29(19-23)35-21-33-27-11-7-5-8-12-27)38-16-15-37-30-20-24(2)17-25(3)31(30)36-22-34-28-13-9-6-10-14-28/h5-14,17-22H,15-16H2,1-4H3,(H,33,35)(H,34,36). The van der Waals surface area contributed by atoms with Crippen LogP contribution in [0.5, 0.6) is 11.5 Å². The number of nitrogens with zero attached hydrogens (tertiary/aromatic N) is 2. The van der Waals surface area contributed by atoms with Gasteiger partial charge < -0.3 is 20.1 Å². The van der Waals surface area contributed by atoms with E-state index in [1.807, 2.05) is 86.6 Å². The number of nitrogens with one attached hydrogen (secondary N) is 2. The summed E-state index contributed by atoms with van der Waals surface area (Å²) in [5.41, 5.74) is 7.83. The zero-order chi connectivity index (χ0) is 26.7. The fourth-order valence-corrected chi connectivity index (χ4v) is 4.12. The summed E-state index contributed by atoms with van der Waals surface area (Å²) in [6.45, 7) is 8.92. The number of rotatable bonds is 11. The summed E-state index contributed by atoms with van der Waals surface area (Å²) in [7, 11) is 0. The van der Waals surface area contributed by atoms with Crippen LogP contribution in [-0.2, 0) is 0 Å². The molecule has 194 valence electrons. The molecular weight excluding hydrogens is 472 g/mol. The minimum absolute atomic E-state index is 0.371. The smallest absolute Gasteiger partial charge is 0.148 e. The van der Waals surface area contributed by atoms with Gasteiger partial charge in [-0.25, -0.2) is 9.98 Å². The second kappa shape index (κ2) is 13.1. The number of para-hydroxylation sites is 2. The summed E-state index contributed by atoms with van der Waals surface area (Å²) >= 11 is 0. The van der Waals surface area contributed by atoms with Gasteiger partial charge in [0.15, 0.2) is 0 Å². The molecule has 0 unspecified atom stereocenters. The van der Waals surface area contributed by atoms with Gasteiger partial charge in [0.05, 0.1) is 12.7 Å². The Morgan fingerprint density at radius 1 is 0.632 bits per heavy atom. The van der Waals surface area contributed by atoms with E-state index >= 15 is 0 Å². The highest BCUT2D eigenvalue weighted by molar-refractivity contribution is 5.80. The maximum atomic E-state index is 6.17. The molecule has 38 heavy (non-hydrogen) atoms. The van der Waals surface area contributed by atoms with Crippen molar-refractivity contribution in [1.82, 2.24) is 0 Å². The van der Waals surface area contributed by atoms with E-state index in [4.69, 9.17) is 9.47 Å². The summed E-state index contributed by atoms with van der Waals surface area (Å²) in [6, 6.07) is 28.1. The van der Waals surface area contributed by atoms with Crippen molar-refractivity contribution in [3.63, 3.8) is 0 Å². The topological polar surface area (TPSA) is 67.2 Å². The second-order valence-corrected chi connectivity index (χ2v) is 9.09. The summed E-state index contributed by atoms with van der Waals surface area (Å²) < 4.78 is 12.3. The normalized spacial score (nSPS) is 11.2. The average molecular weight is 507 g/mol. The molecule has 0 heterocycles. The summed E-state index contributed by atoms with van der Waals surface area (Å²) in [6.07, 6.45) is 3.38. The lowest BCUT2D eigenvalue weighted by Crippen LogP contribution is -2.10. The van der Waals surface area contributed by atoms with Gasteiger partial charge in [-0.2, -0.15) is 0 Å². The predicted octanol–water partition coefficient (Wildman–Crippen LogP) is 7.92. The third kappa shape index (κ3) is 7.46. The first kappa shape index (κ1) is 26.5. The van der Waals surface area contributed by atoms with E-state index in [-0.39, 0.29) is 0 Å². The Kier molecular flexibility index (Phi) is 9.13. The number of aliphatic imine (C=N–C) groups is 2. The monoisotopic (exact) mass is 506 g/mol. The average Bonchev–Trinajstić information content (AvgIpc) is 2.90. The SMILES string of the molecule is Cc1cc(C)c(OCCOc2cc(C)cc(C)c2N=CNc2ccccc2)c(N=CNc2ccccc2)c1. The van der Waals surface area contributed by atoms with Gasteiger partial charge in [0.25, 0.3) is 0 Å². The maximum Gasteiger partial charge on any atom is 0.148 e. The van der Waals surface area contributed by atoms with Gasteiger partial charge in [-0.15, -0.1) is 0 Å². The Bertz CT molecular complexity index is 1400. The van der Waals surface area contributed by atoms with Gasteiger partial charge in [-0.3, -0.25) is 0 Å². The van der Waals surface area contributed by atoms with Gasteiger partial charge in [-0.05, 0) is 86.3 Å². The first-order valence-corrected chi connectivity index (χ1v) is 12.7. The second-order valence-electron chi connectivity index (χ2n) is 9.09. The molecule has 4 rings (SSSR count).